The summed E-state index contributed by atoms with van der Waals surface area (Å²) in [6, 6.07) is 6.09. The molecule has 0 spiro atoms. The largest absolute Gasteiger partial charge is 0.323 e. The van der Waals surface area contributed by atoms with E-state index in [1.165, 1.54) is 6.07 Å². The maximum Gasteiger partial charge on any atom is 0.128 e. The van der Waals surface area contributed by atoms with Gasteiger partial charge in [-0.25, -0.2) is 4.39 Å². The molecule has 5 heteroatoms. The van der Waals surface area contributed by atoms with Crippen molar-refractivity contribution in [3.8, 4) is 6.07 Å². The Kier molecular flexibility index (Phi) is 6.00. The zero-order valence-electron chi connectivity index (χ0n) is 7.21. The van der Waals surface area contributed by atoms with Crippen LogP contribution in [0.4, 0.5) is 4.39 Å². The van der Waals surface area contributed by atoms with Crippen LogP contribution < -0.4 is 5.73 Å². The van der Waals surface area contributed by atoms with E-state index in [1.807, 2.05) is 6.07 Å². The zero-order chi connectivity index (χ0) is 9.84. The molecule has 0 unspecified atom stereocenters. The van der Waals surface area contributed by atoms with Gasteiger partial charge in [0.2, 0.25) is 0 Å². The normalized spacial score (nSPS) is 11.3. The number of hydrogen-bond donors (Lipinski definition) is 1. The van der Waals surface area contributed by atoms with Crippen molar-refractivity contribution in [1.82, 2.24) is 0 Å². The molecule has 0 radical (unpaired) electrons. The van der Waals surface area contributed by atoms with Gasteiger partial charge in [0.15, 0.2) is 0 Å². The van der Waals surface area contributed by atoms with Crippen molar-refractivity contribution in [2.75, 3.05) is 0 Å². The lowest BCUT2D eigenvalue weighted by atomic mass is 10.1. The molecule has 1 aromatic rings. The van der Waals surface area contributed by atoms with E-state index in [0.717, 1.165) is 3.57 Å². The van der Waals surface area contributed by atoms with Gasteiger partial charge in [-0.1, -0.05) is 0 Å². The Morgan fingerprint density at radius 2 is 2.21 bits per heavy atom. The van der Waals surface area contributed by atoms with E-state index in [9.17, 15) is 4.39 Å². The molecule has 2 N–H and O–H groups in total. The Morgan fingerprint density at radius 1 is 1.57 bits per heavy atom. The molecular weight excluding hydrogens is 317 g/mol. The van der Waals surface area contributed by atoms with E-state index < -0.39 is 6.04 Å². The van der Waals surface area contributed by atoms with Crippen molar-refractivity contribution in [3.05, 3.63) is 33.1 Å². The second-order valence-corrected chi connectivity index (χ2v) is 3.88. The third-order valence-corrected chi connectivity index (χ3v) is 2.34. The molecule has 0 aliphatic heterocycles. The van der Waals surface area contributed by atoms with Crippen LogP contribution in [-0.2, 0) is 0 Å². The molecule has 0 heterocycles. The van der Waals surface area contributed by atoms with Gasteiger partial charge in [-0.3, -0.25) is 0 Å². The van der Waals surface area contributed by atoms with Gasteiger partial charge in [-0.2, -0.15) is 5.26 Å². The van der Waals surface area contributed by atoms with Gasteiger partial charge in [0.05, 0.1) is 12.5 Å². The summed E-state index contributed by atoms with van der Waals surface area (Å²) in [7, 11) is 0. The maximum absolute atomic E-state index is 13.2. The van der Waals surface area contributed by atoms with E-state index in [-0.39, 0.29) is 24.6 Å². The highest BCUT2D eigenvalue weighted by molar-refractivity contribution is 14.1. The van der Waals surface area contributed by atoms with E-state index in [4.69, 9.17) is 11.0 Å². The second-order valence-electron chi connectivity index (χ2n) is 2.63. The van der Waals surface area contributed by atoms with Crippen LogP contribution in [0.1, 0.15) is 18.0 Å². The van der Waals surface area contributed by atoms with Crippen molar-refractivity contribution < 1.29 is 4.39 Å². The van der Waals surface area contributed by atoms with Gasteiger partial charge >= 0.3 is 0 Å². The summed E-state index contributed by atoms with van der Waals surface area (Å²) >= 11 is 2.08. The zero-order valence-corrected chi connectivity index (χ0v) is 10.2. The summed E-state index contributed by atoms with van der Waals surface area (Å²) < 4.78 is 14.1. The monoisotopic (exact) mass is 326 g/mol. The highest BCUT2D eigenvalue weighted by atomic mass is 127. The molecule has 1 rings (SSSR count). The standard InChI is InChI=1S/C9H8FIN2.ClH/c10-8-2-1-6(11)5-7(8)9(13)3-4-12;/h1-2,5,9H,3,13H2;1H/t9-;/m1./s1. The number of nitrogens with zero attached hydrogens (tertiary/aromatic N) is 1. The van der Waals surface area contributed by atoms with Crippen molar-refractivity contribution in [2.24, 2.45) is 5.73 Å². The van der Waals surface area contributed by atoms with Gasteiger partial charge in [0.25, 0.3) is 0 Å². The summed E-state index contributed by atoms with van der Waals surface area (Å²) in [6.45, 7) is 0. The lowest BCUT2D eigenvalue weighted by Crippen LogP contribution is -2.11. The van der Waals surface area contributed by atoms with Crippen LogP contribution in [0.2, 0.25) is 0 Å². The average molecular weight is 327 g/mol. The molecule has 0 amide bonds. The smallest absolute Gasteiger partial charge is 0.128 e. The Balaban J connectivity index is 0.00000169. The fourth-order valence-electron chi connectivity index (χ4n) is 1.01. The topological polar surface area (TPSA) is 49.8 Å². The van der Waals surface area contributed by atoms with Crippen LogP contribution in [-0.4, -0.2) is 0 Å². The summed E-state index contributed by atoms with van der Waals surface area (Å²) in [6.07, 6.45) is 0.136. The average Bonchev–Trinajstić information content (AvgIpc) is 2.09. The number of hydrogen-bond acceptors (Lipinski definition) is 2. The first kappa shape index (κ1) is 13.6. The molecule has 0 bridgehead atoms. The molecule has 0 fully saturated rings. The molecule has 0 aromatic heterocycles. The van der Waals surface area contributed by atoms with Crippen LogP contribution in [0.3, 0.4) is 0 Å². The minimum absolute atomic E-state index is 0. The fraction of sp³-hybridized carbons (Fsp3) is 0.222. The Hall–Kier alpha value is -0.380. The summed E-state index contributed by atoms with van der Waals surface area (Å²) in [5.74, 6) is -0.344. The first-order chi connectivity index (χ1) is 6.15. The van der Waals surface area contributed by atoms with Gasteiger partial charge in [-0.15, -0.1) is 12.4 Å². The summed E-state index contributed by atoms with van der Waals surface area (Å²) in [5, 5.41) is 8.40. The lowest BCUT2D eigenvalue weighted by molar-refractivity contribution is 0.584. The SMILES string of the molecule is Cl.N#CC[C@@H](N)c1cc(I)ccc1F. The molecule has 14 heavy (non-hydrogen) atoms. The Labute approximate surface area is 102 Å². The van der Waals surface area contributed by atoms with Crippen LogP contribution in [0.5, 0.6) is 0 Å². The van der Waals surface area contributed by atoms with Crippen LogP contribution in [0.25, 0.3) is 0 Å². The molecule has 2 nitrogen and oxygen atoms in total. The minimum Gasteiger partial charge on any atom is -0.323 e. The molecule has 1 atom stereocenters. The van der Waals surface area contributed by atoms with E-state index >= 15 is 0 Å². The van der Waals surface area contributed by atoms with E-state index in [1.54, 1.807) is 12.1 Å². The summed E-state index contributed by atoms with van der Waals surface area (Å²) in [5.41, 5.74) is 6.02. The van der Waals surface area contributed by atoms with Crippen molar-refractivity contribution >= 4 is 35.0 Å². The van der Waals surface area contributed by atoms with E-state index in [0.29, 0.717) is 5.56 Å². The highest BCUT2D eigenvalue weighted by Gasteiger charge is 2.10. The predicted octanol–water partition coefficient (Wildman–Crippen LogP) is 2.77. The molecule has 1 aromatic carbocycles. The van der Waals surface area contributed by atoms with Gasteiger partial charge in [0.1, 0.15) is 5.82 Å². The van der Waals surface area contributed by atoms with E-state index in [2.05, 4.69) is 22.6 Å². The van der Waals surface area contributed by atoms with Crippen molar-refractivity contribution in [3.63, 3.8) is 0 Å². The van der Waals surface area contributed by atoms with Crippen LogP contribution in [0, 0.1) is 20.7 Å². The molecular formula is C9H9ClFIN2. The number of halogens is 3. The first-order valence-electron chi connectivity index (χ1n) is 3.72. The van der Waals surface area contributed by atoms with Crippen LogP contribution in [0.15, 0.2) is 18.2 Å². The predicted molar refractivity (Wildman–Crippen MR) is 63.5 cm³/mol. The Morgan fingerprint density at radius 3 is 2.79 bits per heavy atom. The third kappa shape index (κ3) is 3.40. The molecule has 0 saturated heterocycles. The van der Waals surface area contributed by atoms with Crippen molar-refractivity contribution in [1.29, 1.82) is 5.26 Å². The second kappa shape index (κ2) is 6.17. The number of rotatable bonds is 2. The minimum atomic E-state index is -0.528. The van der Waals surface area contributed by atoms with Crippen molar-refractivity contribution in [2.45, 2.75) is 12.5 Å². The fourth-order valence-corrected chi connectivity index (χ4v) is 1.52. The quantitative estimate of drug-likeness (QED) is 0.850. The lowest BCUT2D eigenvalue weighted by Gasteiger charge is -2.09. The third-order valence-electron chi connectivity index (χ3n) is 1.67. The van der Waals surface area contributed by atoms with Gasteiger partial charge < -0.3 is 5.73 Å². The maximum atomic E-state index is 13.2. The van der Waals surface area contributed by atoms with Gasteiger partial charge in [0, 0.05) is 15.2 Å². The van der Waals surface area contributed by atoms with Crippen LogP contribution >= 0.6 is 35.0 Å². The molecule has 0 aliphatic carbocycles. The highest BCUT2D eigenvalue weighted by Crippen LogP contribution is 2.19. The summed E-state index contributed by atoms with van der Waals surface area (Å²) in [4.78, 5) is 0. The Bertz CT molecular complexity index is 351. The first-order valence-corrected chi connectivity index (χ1v) is 4.80. The number of nitrogens with two attached hydrogens (primary N) is 1. The van der Waals surface area contributed by atoms with Gasteiger partial charge in [-0.05, 0) is 40.8 Å². The number of benzene rings is 1. The molecule has 76 valence electrons. The number of nitriles is 1. The molecule has 0 saturated carbocycles. The molecule has 0 aliphatic rings.